The van der Waals surface area contributed by atoms with Crippen LogP contribution < -0.4 is 5.32 Å². The highest BCUT2D eigenvalue weighted by molar-refractivity contribution is 6.07. The topological polar surface area (TPSA) is 49.4 Å². The Bertz CT molecular complexity index is 436. The van der Waals surface area contributed by atoms with Crippen LogP contribution in [0.3, 0.4) is 0 Å². The van der Waals surface area contributed by atoms with E-state index >= 15 is 0 Å². The van der Waals surface area contributed by atoms with Crippen molar-refractivity contribution in [1.82, 2.24) is 10.2 Å². The molecule has 0 spiro atoms. The largest absolute Gasteiger partial charge is 0.335 e. The minimum atomic E-state index is -0.357. The second-order valence-corrected chi connectivity index (χ2v) is 7.48. The van der Waals surface area contributed by atoms with Gasteiger partial charge in [-0.05, 0) is 17.3 Å². The molecule has 20 heavy (non-hydrogen) atoms. The lowest BCUT2D eigenvalue weighted by molar-refractivity contribution is -0.128. The van der Waals surface area contributed by atoms with E-state index in [4.69, 9.17) is 0 Å². The van der Waals surface area contributed by atoms with E-state index in [1.807, 2.05) is 48.5 Å². The predicted octanol–water partition coefficient (Wildman–Crippen LogP) is 2.70. The zero-order chi connectivity index (χ0) is 15.7. The summed E-state index contributed by atoms with van der Waals surface area (Å²) < 4.78 is 0. The van der Waals surface area contributed by atoms with Gasteiger partial charge in [0.1, 0.15) is 0 Å². The van der Waals surface area contributed by atoms with Crippen molar-refractivity contribution in [3.05, 3.63) is 11.1 Å². The Labute approximate surface area is 122 Å². The maximum absolute atomic E-state index is 12.9. The van der Waals surface area contributed by atoms with Crippen LogP contribution in [0.5, 0.6) is 0 Å². The Hall–Kier alpha value is -1.32. The average molecular weight is 280 g/mol. The summed E-state index contributed by atoms with van der Waals surface area (Å²) in [7, 11) is 0. The summed E-state index contributed by atoms with van der Waals surface area (Å²) in [5, 5.41) is 2.88. The Morgan fingerprint density at radius 2 is 1.50 bits per heavy atom. The van der Waals surface area contributed by atoms with Crippen molar-refractivity contribution in [3.63, 3.8) is 0 Å². The van der Waals surface area contributed by atoms with Crippen LogP contribution in [-0.4, -0.2) is 29.9 Å². The molecule has 0 unspecified atom stereocenters. The van der Waals surface area contributed by atoms with Gasteiger partial charge in [-0.1, -0.05) is 48.5 Å². The van der Waals surface area contributed by atoms with E-state index in [0.717, 1.165) is 6.42 Å². The fourth-order valence-electron chi connectivity index (χ4n) is 2.57. The molecule has 0 saturated carbocycles. The van der Waals surface area contributed by atoms with E-state index < -0.39 is 0 Å². The number of rotatable bonds is 2. The molecule has 0 radical (unpaired) electrons. The number of amides is 2. The fraction of sp³-hybridized carbons (Fsp3) is 0.750. The maximum atomic E-state index is 12.9. The molecule has 4 nitrogen and oxygen atoms in total. The van der Waals surface area contributed by atoms with Gasteiger partial charge in [-0.2, -0.15) is 0 Å². The first-order valence-corrected chi connectivity index (χ1v) is 7.32. The van der Waals surface area contributed by atoms with Gasteiger partial charge >= 0.3 is 0 Å². The number of carbonyl (C=O) groups excluding carboxylic acids is 2. The Balaban J connectivity index is 3.50. The molecular formula is C16H28N2O2. The molecule has 4 heteroatoms. The van der Waals surface area contributed by atoms with Crippen molar-refractivity contribution >= 4 is 11.8 Å². The molecule has 0 fully saturated rings. The molecule has 1 aliphatic rings. The highest BCUT2D eigenvalue weighted by Gasteiger charge is 2.39. The number of hydrogen-bond donors (Lipinski definition) is 1. The van der Waals surface area contributed by atoms with Crippen LogP contribution in [0.15, 0.2) is 11.1 Å². The first kappa shape index (κ1) is 16.7. The first-order valence-electron chi connectivity index (χ1n) is 7.32. The normalized spacial score (nSPS) is 18.2. The number of hydrogen-bond acceptors (Lipinski definition) is 2. The van der Waals surface area contributed by atoms with Gasteiger partial charge in [0.05, 0.1) is 6.67 Å². The van der Waals surface area contributed by atoms with E-state index in [9.17, 15) is 9.59 Å². The molecule has 1 N–H and O–H groups in total. The van der Waals surface area contributed by atoms with Gasteiger partial charge < -0.3 is 10.2 Å². The summed E-state index contributed by atoms with van der Waals surface area (Å²) >= 11 is 0. The molecule has 0 saturated heterocycles. The minimum Gasteiger partial charge on any atom is -0.335 e. The zero-order valence-corrected chi connectivity index (χ0v) is 13.9. The van der Waals surface area contributed by atoms with Crippen molar-refractivity contribution in [1.29, 1.82) is 0 Å². The third-order valence-electron chi connectivity index (χ3n) is 3.40. The molecule has 1 heterocycles. The number of nitrogens with zero attached hydrogens (tertiary/aromatic N) is 1. The lowest BCUT2D eigenvalue weighted by Crippen LogP contribution is -2.40. The molecule has 0 aromatic heterocycles. The van der Waals surface area contributed by atoms with Crippen molar-refractivity contribution in [2.24, 2.45) is 10.8 Å². The van der Waals surface area contributed by atoms with Crippen LogP contribution in [0.25, 0.3) is 0 Å². The third-order valence-corrected chi connectivity index (χ3v) is 3.40. The first-order chi connectivity index (χ1) is 9.00. The summed E-state index contributed by atoms with van der Waals surface area (Å²) in [6.45, 7) is 14.9. The highest BCUT2D eigenvalue weighted by atomic mass is 16.2. The summed E-state index contributed by atoms with van der Waals surface area (Å²) in [5.74, 6) is -0.128. The third kappa shape index (κ3) is 3.41. The molecule has 0 atom stereocenters. The monoisotopic (exact) mass is 280 g/mol. The molecule has 2 amide bonds. The van der Waals surface area contributed by atoms with Crippen LogP contribution in [0.1, 0.15) is 54.9 Å². The SMILES string of the molecule is CCCN1CNC(=O)C(C(C)(C)C)=C(C(C)(C)C)C1=O. The fourth-order valence-corrected chi connectivity index (χ4v) is 2.57. The van der Waals surface area contributed by atoms with Gasteiger partial charge in [0, 0.05) is 17.7 Å². The van der Waals surface area contributed by atoms with Crippen molar-refractivity contribution in [2.75, 3.05) is 13.2 Å². The molecule has 1 aliphatic heterocycles. The van der Waals surface area contributed by atoms with Crippen LogP contribution in [-0.2, 0) is 9.59 Å². The quantitative estimate of drug-likeness (QED) is 0.845. The van der Waals surface area contributed by atoms with E-state index in [0.29, 0.717) is 24.4 Å². The molecule has 0 bridgehead atoms. The van der Waals surface area contributed by atoms with Crippen LogP contribution >= 0.6 is 0 Å². The van der Waals surface area contributed by atoms with Gasteiger partial charge in [-0.15, -0.1) is 0 Å². The minimum absolute atomic E-state index is 0.0115. The van der Waals surface area contributed by atoms with E-state index in [-0.39, 0.29) is 22.6 Å². The Morgan fingerprint density at radius 3 is 1.90 bits per heavy atom. The number of nitrogens with one attached hydrogen (secondary N) is 1. The standard InChI is InChI=1S/C16H28N2O2/c1-8-9-18-10-17-13(19)11(15(2,3)4)12(14(18)20)16(5,6)7/h8-10H2,1-7H3,(H,17,19). The Morgan fingerprint density at radius 1 is 1.00 bits per heavy atom. The van der Waals surface area contributed by atoms with E-state index in [2.05, 4.69) is 5.32 Å². The smallest absolute Gasteiger partial charge is 0.252 e. The van der Waals surface area contributed by atoms with Gasteiger partial charge in [-0.25, -0.2) is 0 Å². The van der Waals surface area contributed by atoms with Gasteiger partial charge in [0.15, 0.2) is 0 Å². The predicted molar refractivity (Wildman–Crippen MR) is 80.9 cm³/mol. The molecular weight excluding hydrogens is 252 g/mol. The maximum Gasteiger partial charge on any atom is 0.252 e. The van der Waals surface area contributed by atoms with Crippen molar-refractivity contribution in [3.8, 4) is 0 Å². The van der Waals surface area contributed by atoms with Gasteiger partial charge in [0.25, 0.3) is 5.91 Å². The average Bonchev–Trinajstić information content (AvgIpc) is 2.38. The molecule has 0 aromatic carbocycles. The van der Waals surface area contributed by atoms with Crippen LogP contribution in [0, 0.1) is 10.8 Å². The molecule has 0 aliphatic carbocycles. The Kier molecular flexibility index (Phi) is 4.67. The van der Waals surface area contributed by atoms with E-state index in [1.165, 1.54) is 0 Å². The highest BCUT2D eigenvalue weighted by Crippen LogP contribution is 2.38. The van der Waals surface area contributed by atoms with Crippen LogP contribution in [0.2, 0.25) is 0 Å². The zero-order valence-electron chi connectivity index (χ0n) is 13.9. The molecule has 1 rings (SSSR count). The van der Waals surface area contributed by atoms with Crippen molar-refractivity contribution in [2.45, 2.75) is 54.9 Å². The second-order valence-electron chi connectivity index (χ2n) is 7.48. The van der Waals surface area contributed by atoms with Crippen LogP contribution in [0.4, 0.5) is 0 Å². The number of carbonyl (C=O) groups is 2. The lowest BCUT2D eigenvalue weighted by Gasteiger charge is -2.31. The van der Waals surface area contributed by atoms with Crippen molar-refractivity contribution < 1.29 is 9.59 Å². The molecule has 114 valence electrons. The second kappa shape index (κ2) is 5.58. The summed E-state index contributed by atoms with van der Waals surface area (Å²) in [6.07, 6.45) is 0.879. The lowest BCUT2D eigenvalue weighted by atomic mass is 9.74. The van der Waals surface area contributed by atoms with Gasteiger partial charge in [0.2, 0.25) is 5.91 Å². The summed E-state index contributed by atoms with van der Waals surface area (Å²) in [6, 6.07) is 0. The molecule has 0 aromatic rings. The van der Waals surface area contributed by atoms with Gasteiger partial charge in [-0.3, -0.25) is 9.59 Å². The summed E-state index contributed by atoms with van der Waals surface area (Å²) in [4.78, 5) is 27.1. The van der Waals surface area contributed by atoms with E-state index in [1.54, 1.807) is 4.90 Å². The summed E-state index contributed by atoms with van der Waals surface area (Å²) in [5.41, 5.74) is 0.555.